The molecule has 8 heteroatoms. The number of para-hydroxylation sites is 1. The zero-order valence-electron chi connectivity index (χ0n) is 16.0. The van der Waals surface area contributed by atoms with Gasteiger partial charge in [0.1, 0.15) is 0 Å². The summed E-state index contributed by atoms with van der Waals surface area (Å²) in [5.41, 5.74) is 1.31. The maximum absolute atomic E-state index is 13.3. The molecule has 1 aliphatic heterocycles. The SMILES string of the molecule is O=C(N1Cc2ccccc2/C(=C/S(=O)(=O)c2ccccc2)c2ccccc21)C(F)(F)F. The van der Waals surface area contributed by atoms with E-state index in [1.807, 2.05) is 0 Å². The lowest BCUT2D eigenvalue weighted by Crippen LogP contribution is -2.40. The minimum atomic E-state index is -5.08. The Morgan fingerprint density at radius 1 is 0.839 bits per heavy atom. The Bertz CT molecular complexity index is 1280. The van der Waals surface area contributed by atoms with E-state index in [1.165, 1.54) is 30.3 Å². The molecule has 3 aromatic carbocycles. The molecule has 0 aromatic heterocycles. The van der Waals surface area contributed by atoms with E-state index in [4.69, 9.17) is 0 Å². The van der Waals surface area contributed by atoms with Crippen LogP contribution in [0.4, 0.5) is 18.9 Å². The lowest BCUT2D eigenvalue weighted by Gasteiger charge is -2.24. The van der Waals surface area contributed by atoms with Crippen LogP contribution in [0, 0.1) is 0 Å². The van der Waals surface area contributed by atoms with Crippen LogP contribution in [0.25, 0.3) is 5.57 Å². The van der Waals surface area contributed by atoms with Crippen molar-refractivity contribution in [3.8, 4) is 0 Å². The summed E-state index contributed by atoms with van der Waals surface area (Å²) in [6.07, 6.45) is -5.08. The first kappa shape index (κ1) is 20.9. The van der Waals surface area contributed by atoms with E-state index in [9.17, 15) is 26.4 Å². The predicted octanol–water partition coefficient (Wildman–Crippen LogP) is 4.96. The molecule has 1 amide bonds. The Labute approximate surface area is 177 Å². The highest BCUT2D eigenvalue weighted by Crippen LogP contribution is 2.40. The summed E-state index contributed by atoms with van der Waals surface area (Å²) in [6.45, 7) is -0.339. The first-order valence-electron chi connectivity index (χ1n) is 9.27. The van der Waals surface area contributed by atoms with Crippen LogP contribution in [0.2, 0.25) is 0 Å². The van der Waals surface area contributed by atoms with Crippen LogP contribution in [-0.4, -0.2) is 20.5 Å². The molecule has 1 aliphatic rings. The predicted molar refractivity (Wildman–Crippen MR) is 111 cm³/mol. The van der Waals surface area contributed by atoms with Gasteiger partial charge in [-0.25, -0.2) is 8.42 Å². The summed E-state index contributed by atoms with van der Waals surface area (Å²) in [6, 6.07) is 20.3. The molecule has 0 N–H and O–H groups in total. The van der Waals surface area contributed by atoms with Crippen LogP contribution in [0.15, 0.2) is 89.2 Å². The largest absolute Gasteiger partial charge is 0.471 e. The number of amides is 1. The Kier molecular flexibility index (Phi) is 5.18. The average molecular weight is 443 g/mol. The number of sulfone groups is 1. The lowest BCUT2D eigenvalue weighted by atomic mass is 9.96. The molecule has 31 heavy (non-hydrogen) atoms. The molecule has 0 bridgehead atoms. The fraction of sp³-hybridized carbons (Fsp3) is 0.0870. The summed E-state index contributed by atoms with van der Waals surface area (Å²) in [5.74, 6) is -2.01. The molecule has 4 nitrogen and oxygen atoms in total. The molecular formula is C23H16F3NO3S. The quantitative estimate of drug-likeness (QED) is 0.563. The highest BCUT2D eigenvalue weighted by Gasteiger charge is 2.44. The third kappa shape index (κ3) is 3.98. The third-order valence-corrected chi connectivity index (χ3v) is 6.43. The number of rotatable bonds is 2. The first-order valence-corrected chi connectivity index (χ1v) is 10.8. The maximum atomic E-state index is 13.3. The van der Waals surface area contributed by atoms with Gasteiger partial charge >= 0.3 is 12.1 Å². The molecule has 0 saturated carbocycles. The summed E-state index contributed by atoms with van der Waals surface area (Å²) in [4.78, 5) is 12.9. The topological polar surface area (TPSA) is 54.5 Å². The number of carbonyl (C=O) groups is 1. The number of nitrogens with zero attached hydrogens (tertiary/aromatic N) is 1. The van der Waals surface area contributed by atoms with Crippen molar-refractivity contribution in [1.82, 2.24) is 0 Å². The van der Waals surface area contributed by atoms with Crippen molar-refractivity contribution in [2.45, 2.75) is 17.6 Å². The minimum absolute atomic E-state index is 0.00413. The highest BCUT2D eigenvalue weighted by atomic mass is 32.2. The Balaban J connectivity index is 2.00. The second-order valence-corrected chi connectivity index (χ2v) is 8.75. The highest BCUT2D eigenvalue weighted by molar-refractivity contribution is 7.94. The molecule has 0 radical (unpaired) electrons. The number of carbonyl (C=O) groups excluding carboxylic acids is 1. The van der Waals surface area contributed by atoms with Crippen molar-refractivity contribution in [3.63, 3.8) is 0 Å². The van der Waals surface area contributed by atoms with Crippen LogP contribution in [-0.2, 0) is 21.2 Å². The van der Waals surface area contributed by atoms with E-state index in [0.717, 1.165) is 5.41 Å². The van der Waals surface area contributed by atoms with Crippen molar-refractivity contribution in [1.29, 1.82) is 0 Å². The van der Waals surface area contributed by atoms with Gasteiger partial charge in [0.15, 0.2) is 9.84 Å². The van der Waals surface area contributed by atoms with E-state index < -0.39 is 21.9 Å². The third-order valence-electron chi connectivity index (χ3n) is 4.95. The van der Waals surface area contributed by atoms with Gasteiger partial charge in [-0.05, 0) is 29.3 Å². The van der Waals surface area contributed by atoms with Crippen molar-refractivity contribution in [3.05, 3.63) is 101 Å². The molecule has 0 fully saturated rings. The summed E-state index contributed by atoms with van der Waals surface area (Å²) < 4.78 is 66.1. The van der Waals surface area contributed by atoms with E-state index >= 15 is 0 Å². The van der Waals surface area contributed by atoms with Gasteiger partial charge in [-0.2, -0.15) is 13.2 Å². The molecular weight excluding hydrogens is 427 g/mol. The Hall–Kier alpha value is -3.39. The van der Waals surface area contributed by atoms with Gasteiger partial charge in [0.05, 0.1) is 17.1 Å². The van der Waals surface area contributed by atoms with Crippen molar-refractivity contribution in [2.75, 3.05) is 4.90 Å². The van der Waals surface area contributed by atoms with Crippen LogP contribution in [0.1, 0.15) is 16.7 Å². The molecule has 0 atom stereocenters. The fourth-order valence-electron chi connectivity index (χ4n) is 3.55. The van der Waals surface area contributed by atoms with Gasteiger partial charge in [-0.1, -0.05) is 60.7 Å². The second-order valence-electron chi connectivity index (χ2n) is 6.95. The van der Waals surface area contributed by atoms with E-state index in [0.29, 0.717) is 16.0 Å². The van der Waals surface area contributed by atoms with Gasteiger partial charge in [0, 0.05) is 16.5 Å². The Morgan fingerprint density at radius 3 is 2.10 bits per heavy atom. The molecule has 0 spiro atoms. The fourth-order valence-corrected chi connectivity index (χ4v) is 4.79. The maximum Gasteiger partial charge on any atom is 0.471 e. The van der Waals surface area contributed by atoms with Crippen LogP contribution >= 0.6 is 0 Å². The van der Waals surface area contributed by atoms with E-state index in [-0.39, 0.29) is 28.3 Å². The molecule has 0 aliphatic carbocycles. The van der Waals surface area contributed by atoms with Crippen molar-refractivity contribution >= 4 is 27.0 Å². The number of benzene rings is 3. The molecule has 0 unspecified atom stereocenters. The van der Waals surface area contributed by atoms with Crippen molar-refractivity contribution < 1.29 is 26.4 Å². The second kappa shape index (κ2) is 7.70. The van der Waals surface area contributed by atoms with Gasteiger partial charge < -0.3 is 0 Å². The number of fused-ring (bicyclic) bond motifs is 2. The monoisotopic (exact) mass is 443 g/mol. The summed E-state index contributed by atoms with van der Waals surface area (Å²) in [7, 11) is -3.92. The van der Waals surface area contributed by atoms with Gasteiger partial charge in [0.25, 0.3) is 0 Å². The summed E-state index contributed by atoms with van der Waals surface area (Å²) >= 11 is 0. The Morgan fingerprint density at radius 2 is 1.42 bits per heavy atom. The van der Waals surface area contributed by atoms with Crippen LogP contribution in [0.3, 0.4) is 0 Å². The van der Waals surface area contributed by atoms with E-state index in [1.54, 1.807) is 48.5 Å². The van der Waals surface area contributed by atoms with Crippen molar-refractivity contribution in [2.24, 2.45) is 0 Å². The average Bonchev–Trinajstić information content (AvgIpc) is 2.88. The number of alkyl halides is 3. The van der Waals surface area contributed by atoms with E-state index in [2.05, 4.69) is 0 Å². The standard InChI is InChI=1S/C23H16F3NO3S/c24-23(25,26)22(28)27-14-16-8-4-5-11-18(16)20(19-12-6-7-13-21(19)27)15-31(29,30)17-9-2-1-3-10-17/h1-13,15H,14H2/b20-15-. The first-order chi connectivity index (χ1) is 14.7. The molecule has 4 rings (SSSR count). The smallest absolute Gasteiger partial charge is 0.300 e. The lowest BCUT2D eigenvalue weighted by molar-refractivity contribution is -0.170. The summed E-state index contributed by atoms with van der Waals surface area (Å²) in [5, 5.41) is 1.06. The normalized spacial score (nSPS) is 15.2. The minimum Gasteiger partial charge on any atom is -0.300 e. The van der Waals surface area contributed by atoms with Gasteiger partial charge in [-0.3, -0.25) is 9.69 Å². The molecule has 3 aromatic rings. The van der Waals surface area contributed by atoms with Crippen LogP contribution in [0.5, 0.6) is 0 Å². The number of anilines is 1. The molecule has 0 saturated heterocycles. The number of hydrogen-bond donors (Lipinski definition) is 0. The number of halogens is 3. The zero-order valence-corrected chi connectivity index (χ0v) is 16.8. The molecule has 158 valence electrons. The zero-order chi connectivity index (χ0) is 22.2. The number of hydrogen-bond acceptors (Lipinski definition) is 3. The van der Waals surface area contributed by atoms with Crippen LogP contribution < -0.4 is 4.90 Å². The molecule has 1 heterocycles. The van der Waals surface area contributed by atoms with Gasteiger partial charge in [-0.15, -0.1) is 0 Å². The van der Waals surface area contributed by atoms with Gasteiger partial charge in [0.2, 0.25) is 0 Å².